The molecule has 7 heteroatoms. The van der Waals surface area contributed by atoms with Gasteiger partial charge >= 0.3 is 0 Å². The summed E-state index contributed by atoms with van der Waals surface area (Å²) >= 11 is 3.43. The van der Waals surface area contributed by atoms with Crippen molar-refractivity contribution in [2.45, 2.75) is 19.9 Å². The molecule has 1 N–H and O–H groups in total. The van der Waals surface area contributed by atoms with Crippen molar-refractivity contribution < 1.29 is 19.1 Å². The number of likely N-dealkylation sites (N-methyl/N-ethyl adjacent to an activating group) is 1. The van der Waals surface area contributed by atoms with Gasteiger partial charge in [0.1, 0.15) is 5.58 Å². The molecular formula is C25H25BrN2O4. The Morgan fingerprint density at radius 3 is 2.47 bits per heavy atom. The van der Waals surface area contributed by atoms with Crippen LogP contribution in [-0.2, 0) is 4.79 Å². The molecule has 2 aromatic carbocycles. The van der Waals surface area contributed by atoms with Gasteiger partial charge in [-0.15, -0.1) is 0 Å². The van der Waals surface area contributed by atoms with E-state index in [0.29, 0.717) is 18.7 Å². The Kier molecular flexibility index (Phi) is 6.48. The van der Waals surface area contributed by atoms with Crippen LogP contribution in [0.4, 0.5) is 0 Å². The maximum atomic E-state index is 13.5. The number of carbonyl (C=O) groups is 2. The zero-order valence-electron chi connectivity index (χ0n) is 18.0. The number of nitrogens with zero attached hydrogens (tertiary/aromatic N) is 2. The van der Waals surface area contributed by atoms with Crippen molar-refractivity contribution in [2.24, 2.45) is 0 Å². The number of furan rings is 1. The maximum absolute atomic E-state index is 13.5. The highest BCUT2D eigenvalue weighted by Crippen LogP contribution is 2.39. The topological polar surface area (TPSA) is 74.0 Å². The molecule has 2 heterocycles. The van der Waals surface area contributed by atoms with Crippen LogP contribution in [0.2, 0.25) is 0 Å². The first-order valence-corrected chi connectivity index (χ1v) is 11.5. The van der Waals surface area contributed by atoms with Gasteiger partial charge in [-0.3, -0.25) is 9.59 Å². The van der Waals surface area contributed by atoms with E-state index < -0.39 is 23.5 Å². The van der Waals surface area contributed by atoms with E-state index in [-0.39, 0.29) is 11.3 Å². The molecule has 6 nitrogen and oxygen atoms in total. The second-order valence-corrected chi connectivity index (χ2v) is 8.64. The lowest BCUT2D eigenvalue weighted by molar-refractivity contribution is -0.129. The number of aliphatic hydroxyl groups is 1. The molecule has 32 heavy (non-hydrogen) atoms. The molecule has 1 aliphatic rings. The van der Waals surface area contributed by atoms with Crippen LogP contribution in [0.25, 0.3) is 11.0 Å². The fourth-order valence-corrected chi connectivity index (χ4v) is 4.39. The zero-order valence-corrected chi connectivity index (χ0v) is 19.6. The molecule has 1 aliphatic heterocycles. The van der Waals surface area contributed by atoms with E-state index in [1.807, 2.05) is 42.5 Å². The maximum Gasteiger partial charge on any atom is 0.290 e. The number of hydrogen-bond acceptors (Lipinski definition) is 5. The molecule has 0 radical (unpaired) electrons. The quantitative estimate of drug-likeness (QED) is 0.438. The van der Waals surface area contributed by atoms with Crippen LogP contribution in [0.5, 0.6) is 0 Å². The normalized spacial score (nSPS) is 16.6. The number of Topliss-reactive ketones (excluding diaryl/α,β-unsaturated/α-hetero) is 1. The molecule has 0 spiro atoms. The minimum Gasteiger partial charge on any atom is -0.503 e. The van der Waals surface area contributed by atoms with Gasteiger partial charge in [-0.25, -0.2) is 0 Å². The molecule has 0 saturated heterocycles. The highest BCUT2D eigenvalue weighted by molar-refractivity contribution is 9.10. The monoisotopic (exact) mass is 496 g/mol. The average molecular weight is 497 g/mol. The van der Waals surface area contributed by atoms with Crippen LogP contribution < -0.4 is 0 Å². The molecular weight excluding hydrogens is 472 g/mol. The minimum atomic E-state index is -0.688. The molecule has 0 saturated carbocycles. The summed E-state index contributed by atoms with van der Waals surface area (Å²) in [6.45, 7) is 6.87. The van der Waals surface area contributed by atoms with Crippen LogP contribution in [0.3, 0.4) is 0 Å². The SMILES string of the molecule is CCN(CC)CCN1C(=O)C(O)=C(C(=O)c2cc3ccccc3o2)C1c1ccc(Br)cc1. The van der Waals surface area contributed by atoms with Crippen LogP contribution in [-0.4, -0.2) is 52.8 Å². The summed E-state index contributed by atoms with van der Waals surface area (Å²) in [6.07, 6.45) is 0. The summed E-state index contributed by atoms with van der Waals surface area (Å²) in [5, 5.41) is 11.6. The van der Waals surface area contributed by atoms with Gasteiger partial charge in [0, 0.05) is 22.9 Å². The number of halogens is 1. The lowest BCUT2D eigenvalue weighted by Crippen LogP contribution is -2.38. The molecule has 0 bridgehead atoms. The number of para-hydroxylation sites is 1. The average Bonchev–Trinajstić information content (AvgIpc) is 3.34. The molecule has 1 amide bonds. The Hall–Kier alpha value is -2.90. The summed E-state index contributed by atoms with van der Waals surface area (Å²) in [4.78, 5) is 30.4. The van der Waals surface area contributed by atoms with Crippen LogP contribution in [0.1, 0.15) is 36.0 Å². The summed E-state index contributed by atoms with van der Waals surface area (Å²) in [5.74, 6) is -1.42. The highest BCUT2D eigenvalue weighted by Gasteiger charge is 2.44. The highest BCUT2D eigenvalue weighted by atomic mass is 79.9. The number of hydrogen-bond donors (Lipinski definition) is 1. The Balaban J connectivity index is 1.74. The van der Waals surface area contributed by atoms with E-state index in [1.54, 1.807) is 17.0 Å². The second kappa shape index (κ2) is 9.30. The fourth-order valence-electron chi connectivity index (χ4n) is 4.12. The second-order valence-electron chi connectivity index (χ2n) is 7.72. The van der Waals surface area contributed by atoms with E-state index in [2.05, 4.69) is 34.7 Å². The molecule has 0 aliphatic carbocycles. The number of fused-ring (bicyclic) bond motifs is 1. The number of ketones is 1. The minimum absolute atomic E-state index is 0.0518. The number of aliphatic hydroxyl groups excluding tert-OH is 1. The van der Waals surface area contributed by atoms with Crippen molar-refractivity contribution in [1.82, 2.24) is 9.80 Å². The van der Waals surface area contributed by atoms with Crippen LogP contribution in [0.15, 0.2) is 74.8 Å². The third kappa shape index (κ3) is 4.10. The number of rotatable bonds is 8. The van der Waals surface area contributed by atoms with E-state index >= 15 is 0 Å². The zero-order chi connectivity index (χ0) is 22.8. The predicted molar refractivity (Wildman–Crippen MR) is 127 cm³/mol. The van der Waals surface area contributed by atoms with Gasteiger partial charge in [-0.1, -0.05) is 60.1 Å². The Morgan fingerprint density at radius 2 is 1.81 bits per heavy atom. The summed E-state index contributed by atoms with van der Waals surface area (Å²) < 4.78 is 6.64. The standard InChI is InChI=1S/C25H25BrN2O4/c1-3-27(4-2)13-14-28-22(16-9-11-18(26)12-10-16)21(24(30)25(28)31)23(29)20-15-17-7-5-6-8-19(17)32-20/h5-12,15,22,30H,3-4,13-14H2,1-2H3. The van der Waals surface area contributed by atoms with Gasteiger partial charge in [0.15, 0.2) is 11.5 Å². The van der Waals surface area contributed by atoms with E-state index in [1.165, 1.54) is 0 Å². The Labute approximate surface area is 195 Å². The van der Waals surface area contributed by atoms with Crippen molar-refractivity contribution in [3.63, 3.8) is 0 Å². The van der Waals surface area contributed by atoms with E-state index in [4.69, 9.17) is 4.42 Å². The summed E-state index contributed by atoms with van der Waals surface area (Å²) in [6, 6.07) is 15.7. The number of benzene rings is 2. The van der Waals surface area contributed by atoms with Gasteiger partial charge < -0.3 is 19.3 Å². The largest absolute Gasteiger partial charge is 0.503 e. The van der Waals surface area contributed by atoms with Gasteiger partial charge in [-0.2, -0.15) is 0 Å². The predicted octanol–water partition coefficient (Wildman–Crippen LogP) is 5.12. The molecule has 3 aromatic rings. The first-order chi connectivity index (χ1) is 15.4. The summed E-state index contributed by atoms with van der Waals surface area (Å²) in [7, 11) is 0. The van der Waals surface area contributed by atoms with Gasteiger partial charge in [0.2, 0.25) is 5.78 Å². The van der Waals surface area contributed by atoms with Gasteiger partial charge in [0.25, 0.3) is 5.91 Å². The van der Waals surface area contributed by atoms with Crippen LogP contribution >= 0.6 is 15.9 Å². The van der Waals surface area contributed by atoms with Gasteiger partial charge in [0.05, 0.1) is 11.6 Å². The number of amides is 1. The first-order valence-electron chi connectivity index (χ1n) is 10.7. The molecule has 0 fully saturated rings. The third-order valence-corrected chi connectivity index (χ3v) is 6.46. The third-order valence-electron chi connectivity index (χ3n) is 5.93. The summed E-state index contributed by atoms with van der Waals surface area (Å²) in [5.41, 5.74) is 1.39. The van der Waals surface area contributed by atoms with Crippen molar-refractivity contribution in [3.8, 4) is 0 Å². The van der Waals surface area contributed by atoms with Crippen molar-refractivity contribution in [1.29, 1.82) is 0 Å². The Bertz CT molecular complexity index is 1150. The molecule has 4 rings (SSSR count). The van der Waals surface area contributed by atoms with E-state index in [0.717, 1.165) is 28.5 Å². The lowest BCUT2D eigenvalue weighted by Gasteiger charge is -2.29. The first kappa shape index (κ1) is 22.3. The fraction of sp³-hybridized carbons (Fsp3) is 0.280. The number of carbonyl (C=O) groups excluding carboxylic acids is 2. The molecule has 1 aromatic heterocycles. The Morgan fingerprint density at radius 1 is 1.12 bits per heavy atom. The van der Waals surface area contributed by atoms with E-state index in [9.17, 15) is 14.7 Å². The van der Waals surface area contributed by atoms with Crippen molar-refractivity contribution in [3.05, 3.63) is 81.7 Å². The molecule has 1 unspecified atom stereocenters. The molecule has 166 valence electrons. The smallest absolute Gasteiger partial charge is 0.290 e. The van der Waals surface area contributed by atoms with Crippen molar-refractivity contribution in [2.75, 3.05) is 26.2 Å². The van der Waals surface area contributed by atoms with Crippen molar-refractivity contribution >= 4 is 38.6 Å². The molecule has 1 atom stereocenters. The lowest BCUT2D eigenvalue weighted by atomic mass is 9.95. The van der Waals surface area contributed by atoms with Crippen LogP contribution in [0, 0.1) is 0 Å². The van der Waals surface area contributed by atoms with Gasteiger partial charge in [-0.05, 0) is 42.9 Å².